The summed E-state index contributed by atoms with van der Waals surface area (Å²) in [5.41, 5.74) is 1.27. The first-order chi connectivity index (χ1) is 6.43. The van der Waals surface area contributed by atoms with Crippen LogP contribution < -0.4 is 0 Å². The van der Waals surface area contributed by atoms with Crippen molar-refractivity contribution in [1.29, 1.82) is 0 Å². The molecule has 0 aliphatic rings. The molecule has 1 aromatic carbocycles. The second kappa shape index (κ2) is 3.89. The van der Waals surface area contributed by atoms with Crippen LogP contribution in [0.3, 0.4) is 0 Å². The van der Waals surface area contributed by atoms with Gasteiger partial charge in [0.1, 0.15) is 0 Å². The summed E-state index contributed by atoms with van der Waals surface area (Å²) in [5, 5.41) is 8.78. The molecule has 0 spiro atoms. The molecule has 1 unspecified atom stereocenters. The van der Waals surface area contributed by atoms with Gasteiger partial charge < -0.3 is 9.66 Å². The van der Waals surface area contributed by atoms with Crippen LogP contribution in [-0.2, 0) is 11.1 Å². The van der Waals surface area contributed by atoms with E-state index in [1.165, 1.54) is 6.07 Å². The Hall–Kier alpha value is -1.20. The number of carboxylic acid groups (broad SMARTS) is 1. The third-order valence-electron chi connectivity index (χ3n) is 1.94. The van der Waals surface area contributed by atoms with Crippen LogP contribution in [0.2, 0.25) is 0 Å². The highest BCUT2D eigenvalue weighted by atomic mass is 32.2. The molecule has 5 heteroatoms. The van der Waals surface area contributed by atoms with Gasteiger partial charge in [0, 0.05) is 0 Å². The molecule has 1 aromatic rings. The average molecular weight is 214 g/mol. The summed E-state index contributed by atoms with van der Waals surface area (Å²) in [6.07, 6.45) is 0. The maximum absolute atomic E-state index is 10.8. The molecule has 4 nitrogen and oxygen atoms in total. The highest BCUT2D eigenvalue weighted by Gasteiger charge is 2.13. The zero-order valence-electron chi connectivity index (χ0n) is 7.77. The average Bonchev–Trinajstić information content (AvgIpc) is 2.02. The lowest BCUT2D eigenvalue weighted by Crippen LogP contribution is -2.03. The first kappa shape index (κ1) is 10.9. The van der Waals surface area contributed by atoms with Crippen molar-refractivity contribution in [1.82, 2.24) is 0 Å². The Morgan fingerprint density at radius 2 is 1.86 bits per heavy atom. The number of hydrogen-bond acceptors (Lipinski definition) is 2. The largest absolute Gasteiger partial charge is 0.478 e. The smallest absolute Gasteiger partial charge is 0.335 e. The van der Waals surface area contributed by atoms with E-state index < -0.39 is 17.0 Å². The zero-order chi connectivity index (χ0) is 10.9. The molecule has 1 atom stereocenters. The fourth-order valence-corrected chi connectivity index (χ4v) is 1.80. The van der Waals surface area contributed by atoms with Gasteiger partial charge in [0.15, 0.2) is 11.1 Å². The number of carboxylic acids is 1. The molecule has 0 radical (unpaired) electrons. The molecule has 1 rings (SSSR count). The van der Waals surface area contributed by atoms with Crippen molar-refractivity contribution in [3.05, 3.63) is 28.8 Å². The molecule has 76 valence electrons. The summed E-state index contributed by atoms with van der Waals surface area (Å²) >= 11 is -2.14. The van der Waals surface area contributed by atoms with E-state index in [1.54, 1.807) is 19.9 Å². The Balaban J connectivity index is 3.42. The molecular weight excluding hydrogens is 204 g/mol. The fraction of sp³-hybridized carbons (Fsp3) is 0.222. The summed E-state index contributed by atoms with van der Waals surface area (Å²) in [5.74, 6) is -1.09. The van der Waals surface area contributed by atoms with Crippen molar-refractivity contribution >= 4 is 17.0 Å². The van der Waals surface area contributed by atoms with Crippen molar-refractivity contribution in [2.75, 3.05) is 0 Å². The molecule has 2 N–H and O–H groups in total. The Morgan fingerprint density at radius 3 is 2.29 bits per heavy atom. The summed E-state index contributed by atoms with van der Waals surface area (Å²) in [7, 11) is 0. The molecule has 0 amide bonds. The Morgan fingerprint density at radius 1 is 1.29 bits per heavy atom. The van der Waals surface area contributed by atoms with E-state index in [0.717, 1.165) is 0 Å². The van der Waals surface area contributed by atoms with Gasteiger partial charge in [-0.05, 0) is 31.0 Å². The topological polar surface area (TPSA) is 74.6 Å². The van der Waals surface area contributed by atoms with Crippen LogP contribution in [0.1, 0.15) is 21.5 Å². The number of rotatable bonds is 2. The van der Waals surface area contributed by atoms with E-state index in [-0.39, 0.29) is 10.5 Å². The predicted octanol–water partition coefficient (Wildman–Crippen LogP) is 1.58. The van der Waals surface area contributed by atoms with Crippen LogP contribution in [0.25, 0.3) is 0 Å². The van der Waals surface area contributed by atoms with Gasteiger partial charge in [-0.25, -0.2) is 9.00 Å². The minimum atomic E-state index is -2.14. The molecular formula is C9H10O4S. The lowest BCUT2D eigenvalue weighted by atomic mass is 10.1. The minimum absolute atomic E-state index is 0.0630. The van der Waals surface area contributed by atoms with Crippen molar-refractivity contribution in [2.24, 2.45) is 0 Å². The normalized spacial score (nSPS) is 12.5. The lowest BCUT2D eigenvalue weighted by Gasteiger charge is -2.06. The van der Waals surface area contributed by atoms with Gasteiger partial charge in [0.25, 0.3) is 0 Å². The molecule has 0 saturated heterocycles. The summed E-state index contributed by atoms with van der Waals surface area (Å²) < 4.78 is 19.7. The quantitative estimate of drug-likeness (QED) is 0.733. The third kappa shape index (κ3) is 2.00. The second-order valence-corrected chi connectivity index (χ2v) is 3.93. The SMILES string of the molecule is Cc1cc(C)c(S(=O)O)cc1C(=O)O. The van der Waals surface area contributed by atoms with E-state index in [1.807, 2.05) is 0 Å². The minimum Gasteiger partial charge on any atom is -0.478 e. The summed E-state index contributed by atoms with van der Waals surface area (Å²) in [6, 6.07) is 2.83. The van der Waals surface area contributed by atoms with E-state index in [4.69, 9.17) is 9.66 Å². The third-order valence-corrected chi connectivity index (χ3v) is 2.76. The van der Waals surface area contributed by atoms with Crippen molar-refractivity contribution in [3.63, 3.8) is 0 Å². The van der Waals surface area contributed by atoms with E-state index in [2.05, 4.69) is 0 Å². The van der Waals surface area contributed by atoms with Crippen LogP contribution in [0.15, 0.2) is 17.0 Å². The van der Waals surface area contributed by atoms with Gasteiger partial charge >= 0.3 is 5.97 Å². The van der Waals surface area contributed by atoms with Crippen LogP contribution in [-0.4, -0.2) is 19.8 Å². The standard InChI is InChI=1S/C9H10O4S/c1-5-3-6(2)8(14(12)13)4-7(5)9(10)11/h3-4H,1-2H3,(H,10,11)(H,12,13). The predicted molar refractivity (Wildman–Crippen MR) is 51.9 cm³/mol. The molecule has 0 heterocycles. The number of carbonyl (C=O) groups is 1. The Labute approximate surface area is 83.9 Å². The van der Waals surface area contributed by atoms with E-state index in [9.17, 15) is 9.00 Å². The molecule has 0 aromatic heterocycles. The molecule has 0 bridgehead atoms. The lowest BCUT2D eigenvalue weighted by molar-refractivity contribution is 0.0696. The fourth-order valence-electron chi connectivity index (χ4n) is 1.25. The van der Waals surface area contributed by atoms with Crippen LogP contribution in [0, 0.1) is 13.8 Å². The summed E-state index contributed by atoms with van der Waals surface area (Å²) in [6.45, 7) is 3.32. The first-order valence-electron chi connectivity index (χ1n) is 3.89. The molecule has 0 aliphatic carbocycles. The van der Waals surface area contributed by atoms with E-state index in [0.29, 0.717) is 11.1 Å². The molecule has 0 saturated carbocycles. The van der Waals surface area contributed by atoms with Gasteiger partial charge in [-0.1, -0.05) is 6.07 Å². The van der Waals surface area contributed by atoms with Crippen LogP contribution >= 0.6 is 0 Å². The van der Waals surface area contributed by atoms with Gasteiger partial charge in [-0.15, -0.1) is 0 Å². The first-order valence-corrected chi connectivity index (χ1v) is 4.99. The Bertz CT molecular complexity index is 376. The zero-order valence-corrected chi connectivity index (χ0v) is 8.59. The number of aryl methyl sites for hydroxylation is 2. The highest BCUT2D eigenvalue weighted by Crippen LogP contribution is 2.18. The molecule has 14 heavy (non-hydrogen) atoms. The maximum Gasteiger partial charge on any atom is 0.335 e. The van der Waals surface area contributed by atoms with Gasteiger partial charge in [-0.2, -0.15) is 0 Å². The highest BCUT2D eigenvalue weighted by molar-refractivity contribution is 7.79. The van der Waals surface area contributed by atoms with Crippen LogP contribution in [0.4, 0.5) is 0 Å². The van der Waals surface area contributed by atoms with Gasteiger partial charge in [0.05, 0.1) is 10.5 Å². The number of aromatic carboxylic acids is 1. The van der Waals surface area contributed by atoms with Crippen molar-refractivity contribution < 1.29 is 18.7 Å². The number of hydrogen-bond donors (Lipinski definition) is 2. The Kier molecular flexibility index (Phi) is 3.03. The number of benzene rings is 1. The van der Waals surface area contributed by atoms with Gasteiger partial charge in [-0.3, -0.25) is 0 Å². The van der Waals surface area contributed by atoms with Crippen molar-refractivity contribution in [3.8, 4) is 0 Å². The maximum atomic E-state index is 10.8. The van der Waals surface area contributed by atoms with Gasteiger partial charge in [0.2, 0.25) is 0 Å². The molecule has 0 fully saturated rings. The second-order valence-electron chi connectivity index (χ2n) is 2.99. The monoisotopic (exact) mass is 214 g/mol. The summed E-state index contributed by atoms with van der Waals surface area (Å²) in [4.78, 5) is 10.9. The van der Waals surface area contributed by atoms with E-state index >= 15 is 0 Å². The molecule has 0 aliphatic heterocycles. The van der Waals surface area contributed by atoms with Crippen LogP contribution in [0.5, 0.6) is 0 Å². The van der Waals surface area contributed by atoms with Crippen molar-refractivity contribution in [2.45, 2.75) is 18.7 Å².